The molecule has 94 valence electrons. The molecule has 1 aromatic rings. The van der Waals surface area contributed by atoms with Crippen LogP contribution in [0, 0.1) is 6.92 Å². The maximum absolute atomic E-state index is 11.3. The lowest BCUT2D eigenvalue weighted by atomic mass is 10.4. The lowest BCUT2D eigenvalue weighted by Gasteiger charge is -2.03. The van der Waals surface area contributed by atoms with Crippen LogP contribution in [0.1, 0.15) is 28.7 Å². The van der Waals surface area contributed by atoms with Crippen LogP contribution in [0.2, 0.25) is 0 Å². The fraction of sp³-hybridized carbons (Fsp3) is 0.500. The van der Waals surface area contributed by atoms with Gasteiger partial charge in [-0.3, -0.25) is 4.79 Å². The van der Waals surface area contributed by atoms with E-state index >= 15 is 0 Å². The maximum atomic E-state index is 11.3. The molecule has 0 radical (unpaired) electrons. The van der Waals surface area contributed by atoms with E-state index in [1.165, 1.54) is 11.3 Å². The zero-order valence-corrected chi connectivity index (χ0v) is 10.6. The van der Waals surface area contributed by atoms with Gasteiger partial charge in [-0.25, -0.2) is 9.78 Å². The van der Waals surface area contributed by atoms with Crippen LogP contribution in [0.5, 0.6) is 0 Å². The normalized spacial score (nSPS) is 10.0. The van der Waals surface area contributed by atoms with E-state index in [-0.39, 0.29) is 18.1 Å². The van der Waals surface area contributed by atoms with Crippen molar-refractivity contribution >= 4 is 28.3 Å². The Bertz CT molecular complexity index is 417. The monoisotopic (exact) mass is 257 g/mol. The number of hydrogen-bond donors (Lipinski definition) is 3. The number of hydrogen-bond acceptors (Lipinski definition) is 5. The number of nitrogens with zero attached hydrogens (tertiary/aromatic N) is 1. The van der Waals surface area contributed by atoms with Crippen molar-refractivity contribution in [2.45, 2.75) is 20.3 Å². The quantitative estimate of drug-likeness (QED) is 0.709. The third kappa shape index (κ3) is 4.03. The third-order valence-electron chi connectivity index (χ3n) is 1.97. The van der Waals surface area contributed by atoms with E-state index in [0.717, 1.165) is 6.42 Å². The van der Waals surface area contributed by atoms with E-state index in [1.807, 2.05) is 6.92 Å². The zero-order chi connectivity index (χ0) is 12.8. The molecule has 0 saturated carbocycles. The Balaban J connectivity index is 2.50. The first-order valence-electron chi connectivity index (χ1n) is 5.26. The van der Waals surface area contributed by atoms with Crippen LogP contribution < -0.4 is 10.6 Å². The topological polar surface area (TPSA) is 91.3 Å². The summed E-state index contributed by atoms with van der Waals surface area (Å²) >= 11 is 1.23. The summed E-state index contributed by atoms with van der Waals surface area (Å²) in [7, 11) is 0. The SMILES string of the molecule is CCCNC(=O)CNc1nc(C(=O)O)c(C)s1. The molecule has 0 aromatic carbocycles. The predicted molar refractivity (Wildman–Crippen MR) is 65.6 cm³/mol. The molecule has 0 aliphatic heterocycles. The summed E-state index contributed by atoms with van der Waals surface area (Å²) in [6.45, 7) is 4.39. The first-order chi connectivity index (χ1) is 8.04. The highest BCUT2D eigenvalue weighted by Crippen LogP contribution is 2.21. The van der Waals surface area contributed by atoms with Crippen LogP contribution in [0.15, 0.2) is 0 Å². The van der Waals surface area contributed by atoms with Gasteiger partial charge in [0.05, 0.1) is 6.54 Å². The highest BCUT2D eigenvalue weighted by atomic mass is 32.1. The van der Waals surface area contributed by atoms with Crippen molar-refractivity contribution in [2.24, 2.45) is 0 Å². The average molecular weight is 257 g/mol. The van der Waals surface area contributed by atoms with Gasteiger partial charge in [-0.05, 0) is 13.3 Å². The number of carboxylic acids is 1. The number of nitrogens with one attached hydrogen (secondary N) is 2. The summed E-state index contributed by atoms with van der Waals surface area (Å²) in [5, 5.41) is 14.8. The molecule has 0 atom stereocenters. The number of thiazole rings is 1. The number of anilines is 1. The van der Waals surface area contributed by atoms with Crippen molar-refractivity contribution in [1.29, 1.82) is 0 Å². The number of rotatable bonds is 6. The van der Waals surface area contributed by atoms with Gasteiger partial charge < -0.3 is 15.7 Å². The standard InChI is InChI=1S/C10H15N3O3S/c1-3-4-11-7(14)5-12-10-13-8(9(15)16)6(2)17-10/h3-5H2,1-2H3,(H,11,14)(H,12,13)(H,15,16). The smallest absolute Gasteiger partial charge is 0.355 e. The maximum Gasteiger partial charge on any atom is 0.355 e. The molecule has 1 rings (SSSR count). The number of aryl methyl sites for hydroxylation is 1. The molecule has 0 fully saturated rings. The molecule has 1 aromatic heterocycles. The van der Waals surface area contributed by atoms with Crippen molar-refractivity contribution in [1.82, 2.24) is 10.3 Å². The number of carbonyl (C=O) groups excluding carboxylic acids is 1. The lowest BCUT2D eigenvalue weighted by molar-refractivity contribution is -0.119. The molecule has 6 nitrogen and oxygen atoms in total. The van der Waals surface area contributed by atoms with E-state index in [4.69, 9.17) is 5.11 Å². The second-order valence-corrected chi connectivity index (χ2v) is 4.64. The Labute approximate surface area is 103 Å². The molecule has 0 bridgehead atoms. The average Bonchev–Trinajstić information content (AvgIpc) is 2.65. The second kappa shape index (κ2) is 6.19. The summed E-state index contributed by atoms with van der Waals surface area (Å²) in [6, 6.07) is 0. The van der Waals surface area contributed by atoms with Gasteiger partial charge in [-0.1, -0.05) is 6.92 Å². The summed E-state index contributed by atoms with van der Waals surface area (Å²) in [5.41, 5.74) is 0.0338. The highest BCUT2D eigenvalue weighted by molar-refractivity contribution is 7.15. The minimum absolute atomic E-state index is 0.0338. The molecule has 1 heterocycles. The molecule has 17 heavy (non-hydrogen) atoms. The van der Waals surface area contributed by atoms with Gasteiger partial charge >= 0.3 is 5.97 Å². The highest BCUT2D eigenvalue weighted by Gasteiger charge is 2.14. The first-order valence-corrected chi connectivity index (χ1v) is 6.07. The van der Waals surface area contributed by atoms with Crippen molar-refractivity contribution in [2.75, 3.05) is 18.4 Å². The molecule has 0 unspecified atom stereocenters. The molecule has 7 heteroatoms. The Morgan fingerprint density at radius 2 is 2.18 bits per heavy atom. The second-order valence-electron chi connectivity index (χ2n) is 3.43. The van der Waals surface area contributed by atoms with Crippen LogP contribution in [-0.4, -0.2) is 35.1 Å². The van der Waals surface area contributed by atoms with E-state index < -0.39 is 5.97 Å². The van der Waals surface area contributed by atoms with E-state index in [0.29, 0.717) is 16.6 Å². The lowest BCUT2D eigenvalue weighted by Crippen LogP contribution is -2.30. The summed E-state index contributed by atoms with van der Waals surface area (Å²) in [4.78, 5) is 26.5. The minimum Gasteiger partial charge on any atom is -0.476 e. The first kappa shape index (κ1) is 13.4. The Morgan fingerprint density at radius 3 is 2.71 bits per heavy atom. The Hall–Kier alpha value is -1.63. The zero-order valence-electron chi connectivity index (χ0n) is 9.74. The predicted octanol–water partition coefficient (Wildman–Crippen LogP) is 1.09. The van der Waals surface area contributed by atoms with E-state index in [1.54, 1.807) is 6.92 Å². The molecule has 0 spiro atoms. The minimum atomic E-state index is -1.05. The molecule has 3 N–H and O–H groups in total. The molecule has 0 aliphatic carbocycles. The Morgan fingerprint density at radius 1 is 1.47 bits per heavy atom. The molecule has 1 amide bonds. The fourth-order valence-corrected chi connectivity index (χ4v) is 1.95. The van der Waals surface area contributed by atoms with Gasteiger partial charge in [0.1, 0.15) is 0 Å². The number of carboxylic acid groups (broad SMARTS) is 1. The van der Waals surface area contributed by atoms with Gasteiger partial charge in [0.25, 0.3) is 0 Å². The van der Waals surface area contributed by atoms with Crippen molar-refractivity contribution in [3.63, 3.8) is 0 Å². The molecular weight excluding hydrogens is 242 g/mol. The van der Waals surface area contributed by atoms with Gasteiger partial charge in [-0.15, -0.1) is 11.3 Å². The van der Waals surface area contributed by atoms with Gasteiger partial charge in [-0.2, -0.15) is 0 Å². The largest absolute Gasteiger partial charge is 0.476 e. The number of amides is 1. The summed E-state index contributed by atoms with van der Waals surface area (Å²) < 4.78 is 0. The number of carbonyl (C=O) groups is 2. The van der Waals surface area contributed by atoms with Gasteiger partial charge in [0.15, 0.2) is 10.8 Å². The molecule has 0 aliphatic rings. The number of aromatic nitrogens is 1. The summed E-state index contributed by atoms with van der Waals surface area (Å²) in [5.74, 6) is -1.18. The number of aromatic carboxylic acids is 1. The van der Waals surface area contributed by atoms with Gasteiger partial charge in [0, 0.05) is 11.4 Å². The van der Waals surface area contributed by atoms with Crippen molar-refractivity contribution in [3.8, 4) is 0 Å². The van der Waals surface area contributed by atoms with Crippen LogP contribution in [-0.2, 0) is 4.79 Å². The van der Waals surface area contributed by atoms with Crippen LogP contribution in [0.3, 0.4) is 0 Å². The van der Waals surface area contributed by atoms with Gasteiger partial charge in [0.2, 0.25) is 5.91 Å². The van der Waals surface area contributed by atoms with E-state index in [9.17, 15) is 9.59 Å². The van der Waals surface area contributed by atoms with E-state index in [2.05, 4.69) is 15.6 Å². The third-order valence-corrected chi connectivity index (χ3v) is 2.90. The molecule has 0 saturated heterocycles. The van der Waals surface area contributed by atoms with Crippen LogP contribution >= 0.6 is 11.3 Å². The van der Waals surface area contributed by atoms with Crippen molar-refractivity contribution in [3.05, 3.63) is 10.6 Å². The Kier molecular flexibility index (Phi) is 4.89. The van der Waals surface area contributed by atoms with Crippen LogP contribution in [0.4, 0.5) is 5.13 Å². The van der Waals surface area contributed by atoms with Crippen molar-refractivity contribution < 1.29 is 14.7 Å². The summed E-state index contributed by atoms with van der Waals surface area (Å²) in [6.07, 6.45) is 0.880. The molecular formula is C10H15N3O3S. The fourth-order valence-electron chi connectivity index (χ4n) is 1.15. The van der Waals surface area contributed by atoms with Crippen LogP contribution in [0.25, 0.3) is 0 Å².